The number of aliphatic hydroxyl groups is 1. The molecule has 0 spiro atoms. The molecule has 0 aliphatic carbocycles. The minimum Gasteiger partial charge on any atom is -0.372 e. The minimum atomic E-state index is -5.02. The number of nitrogens with zero attached hydrogens (tertiary/aromatic N) is 1. The Kier molecular flexibility index (Phi) is 5.32. The summed E-state index contributed by atoms with van der Waals surface area (Å²) in [6.07, 6.45) is -3.22. The topological polar surface area (TPSA) is 32.6 Å². The van der Waals surface area contributed by atoms with Crippen LogP contribution in [-0.4, -0.2) is 17.5 Å². The molecular weight excluding hydrogens is 334 g/mol. The fourth-order valence-electron chi connectivity index (χ4n) is 2.83. The van der Waals surface area contributed by atoms with E-state index < -0.39 is 23.2 Å². The molecule has 1 N–H and O–H groups in total. The Morgan fingerprint density at radius 1 is 1.16 bits per heavy atom. The number of aryl methyl sites for hydroxylation is 2. The number of benzene rings is 2. The molecule has 0 aromatic heterocycles. The van der Waals surface area contributed by atoms with E-state index in [9.17, 15) is 22.7 Å². The molecule has 2 aromatic carbocycles. The Hall–Kier alpha value is -2.21. The van der Waals surface area contributed by atoms with Gasteiger partial charge in [0.2, 0.25) is 5.60 Å². The summed E-state index contributed by atoms with van der Waals surface area (Å²) in [5.74, 6) is -0.845. The molecule has 2 aromatic rings. The van der Waals surface area contributed by atoms with Crippen molar-refractivity contribution in [2.24, 2.45) is 4.99 Å². The van der Waals surface area contributed by atoms with Crippen LogP contribution >= 0.6 is 0 Å². The quantitative estimate of drug-likeness (QED) is 0.593. The Morgan fingerprint density at radius 2 is 1.84 bits per heavy atom. The third-order valence-electron chi connectivity index (χ3n) is 4.11. The summed E-state index contributed by atoms with van der Waals surface area (Å²) in [5, 5.41) is 10.7. The van der Waals surface area contributed by atoms with Gasteiger partial charge < -0.3 is 5.11 Å². The van der Waals surface area contributed by atoms with E-state index in [1.807, 2.05) is 0 Å². The molecule has 0 fully saturated rings. The maximum atomic E-state index is 13.9. The summed E-state index contributed by atoms with van der Waals surface area (Å²) in [4.78, 5) is 4.14. The van der Waals surface area contributed by atoms with Gasteiger partial charge in [-0.25, -0.2) is 4.39 Å². The molecule has 0 radical (unpaired) electrons. The van der Waals surface area contributed by atoms with Gasteiger partial charge in [-0.05, 0) is 49.6 Å². The van der Waals surface area contributed by atoms with E-state index in [0.717, 1.165) is 18.2 Å². The van der Waals surface area contributed by atoms with E-state index in [2.05, 4.69) is 4.99 Å². The lowest BCUT2D eigenvalue weighted by Crippen LogP contribution is -2.44. The van der Waals surface area contributed by atoms with E-state index in [0.29, 0.717) is 22.9 Å². The number of aliphatic imine (C=N–C) groups is 1. The first-order chi connectivity index (χ1) is 11.6. The van der Waals surface area contributed by atoms with E-state index in [1.165, 1.54) is 12.1 Å². The zero-order valence-corrected chi connectivity index (χ0v) is 14.2. The second-order valence-electron chi connectivity index (χ2n) is 5.76. The standard InChI is InChI=1S/C19H19F4NO/c1-4-13-10-17(24-5-2)12(3)9-16(13)18(25,19(21,22)23)14-7-6-8-15(20)11-14/h5-11,25H,4H2,1-3H3/b24-5+. The van der Waals surface area contributed by atoms with E-state index >= 15 is 0 Å². The Balaban J connectivity index is 2.82. The minimum absolute atomic E-state index is 0.259. The lowest BCUT2D eigenvalue weighted by molar-refractivity contribution is -0.248. The number of halogens is 4. The van der Waals surface area contributed by atoms with Crippen molar-refractivity contribution in [1.29, 1.82) is 0 Å². The summed E-state index contributed by atoms with van der Waals surface area (Å²) in [6, 6.07) is 6.77. The van der Waals surface area contributed by atoms with E-state index in [-0.39, 0.29) is 12.0 Å². The van der Waals surface area contributed by atoms with Gasteiger partial charge in [-0.15, -0.1) is 0 Å². The van der Waals surface area contributed by atoms with Crippen molar-refractivity contribution in [1.82, 2.24) is 0 Å². The van der Waals surface area contributed by atoms with Gasteiger partial charge in [0.05, 0.1) is 5.69 Å². The molecule has 1 unspecified atom stereocenters. The lowest BCUT2D eigenvalue weighted by atomic mass is 9.81. The van der Waals surface area contributed by atoms with Crippen LogP contribution in [0.4, 0.5) is 23.2 Å². The number of alkyl halides is 3. The first-order valence-electron chi connectivity index (χ1n) is 7.83. The molecule has 1 atom stereocenters. The lowest BCUT2D eigenvalue weighted by Gasteiger charge is -2.33. The van der Waals surface area contributed by atoms with Crippen molar-refractivity contribution in [2.75, 3.05) is 0 Å². The molecule has 0 heterocycles. The van der Waals surface area contributed by atoms with Crippen LogP contribution in [0.15, 0.2) is 41.4 Å². The third kappa shape index (κ3) is 3.44. The first kappa shape index (κ1) is 19.1. The summed E-state index contributed by atoms with van der Waals surface area (Å²) < 4.78 is 55.2. The predicted octanol–water partition coefficient (Wildman–Crippen LogP) is 5.22. The molecule has 0 aliphatic heterocycles. The zero-order chi connectivity index (χ0) is 18.8. The fourth-order valence-corrected chi connectivity index (χ4v) is 2.83. The Morgan fingerprint density at radius 3 is 2.36 bits per heavy atom. The van der Waals surface area contributed by atoms with Crippen molar-refractivity contribution >= 4 is 11.9 Å². The van der Waals surface area contributed by atoms with Gasteiger partial charge in [-0.1, -0.05) is 25.1 Å². The Bertz CT molecular complexity index is 798. The van der Waals surface area contributed by atoms with Crippen LogP contribution in [0.5, 0.6) is 0 Å². The van der Waals surface area contributed by atoms with Crippen LogP contribution < -0.4 is 0 Å². The maximum absolute atomic E-state index is 13.9. The van der Waals surface area contributed by atoms with Gasteiger partial charge in [-0.3, -0.25) is 4.99 Å². The molecule has 0 saturated heterocycles. The highest BCUT2D eigenvalue weighted by molar-refractivity contribution is 5.64. The maximum Gasteiger partial charge on any atom is 0.425 e. The molecule has 2 rings (SSSR count). The van der Waals surface area contributed by atoms with Crippen LogP contribution in [-0.2, 0) is 12.0 Å². The van der Waals surface area contributed by atoms with Gasteiger partial charge in [0.25, 0.3) is 0 Å². The second kappa shape index (κ2) is 6.96. The molecule has 134 valence electrons. The predicted molar refractivity (Wildman–Crippen MR) is 89.8 cm³/mol. The molecular formula is C19H19F4NO. The average molecular weight is 353 g/mol. The first-order valence-corrected chi connectivity index (χ1v) is 7.83. The van der Waals surface area contributed by atoms with Crippen molar-refractivity contribution in [2.45, 2.75) is 39.0 Å². The molecule has 0 saturated carbocycles. The van der Waals surface area contributed by atoms with E-state index in [4.69, 9.17) is 0 Å². The van der Waals surface area contributed by atoms with Gasteiger partial charge in [0.15, 0.2) is 0 Å². The normalized spacial score (nSPS) is 14.7. The largest absolute Gasteiger partial charge is 0.425 e. The summed E-state index contributed by atoms with van der Waals surface area (Å²) >= 11 is 0. The fraction of sp³-hybridized carbons (Fsp3) is 0.316. The zero-order valence-electron chi connectivity index (χ0n) is 14.2. The van der Waals surface area contributed by atoms with E-state index in [1.54, 1.807) is 27.0 Å². The highest BCUT2D eigenvalue weighted by atomic mass is 19.4. The smallest absolute Gasteiger partial charge is 0.372 e. The van der Waals surface area contributed by atoms with Crippen molar-refractivity contribution < 1.29 is 22.7 Å². The second-order valence-corrected chi connectivity index (χ2v) is 5.76. The van der Waals surface area contributed by atoms with Crippen molar-refractivity contribution in [3.8, 4) is 0 Å². The van der Waals surface area contributed by atoms with Crippen LogP contribution in [0.3, 0.4) is 0 Å². The highest BCUT2D eigenvalue weighted by Crippen LogP contribution is 2.46. The number of hydrogen-bond donors (Lipinski definition) is 1. The van der Waals surface area contributed by atoms with Crippen molar-refractivity contribution in [3.05, 3.63) is 64.5 Å². The molecule has 25 heavy (non-hydrogen) atoms. The molecule has 2 nitrogen and oxygen atoms in total. The molecule has 0 aliphatic rings. The summed E-state index contributed by atoms with van der Waals surface area (Å²) in [6.45, 7) is 5.02. The van der Waals surface area contributed by atoms with Crippen molar-refractivity contribution in [3.63, 3.8) is 0 Å². The number of rotatable bonds is 4. The highest BCUT2D eigenvalue weighted by Gasteiger charge is 2.57. The average Bonchev–Trinajstić information content (AvgIpc) is 2.54. The Labute approximate surface area is 143 Å². The molecule has 0 bridgehead atoms. The van der Waals surface area contributed by atoms with Gasteiger partial charge in [0.1, 0.15) is 5.82 Å². The summed E-state index contributed by atoms with van der Waals surface area (Å²) in [7, 11) is 0. The SMILES string of the molecule is C/C=N/c1cc(CC)c(C(O)(c2cccc(F)c2)C(F)(F)F)cc1C. The van der Waals surface area contributed by atoms with Crippen LogP contribution in [0.2, 0.25) is 0 Å². The number of hydrogen-bond acceptors (Lipinski definition) is 2. The van der Waals surface area contributed by atoms with Crippen LogP contribution in [0.1, 0.15) is 36.1 Å². The van der Waals surface area contributed by atoms with Gasteiger partial charge in [0, 0.05) is 17.3 Å². The molecule has 0 amide bonds. The van der Waals surface area contributed by atoms with Gasteiger partial charge >= 0.3 is 6.18 Å². The van der Waals surface area contributed by atoms with Gasteiger partial charge in [-0.2, -0.15) is 13.2 Å². The summed E-state index contributed by atoms with van der Waals surface area (Å²) in [5.41, 5.74) is -2.84. The monoisotopic (exact) mass is 353 g/mol. The van der Waals surface area contributed by atoms with Crippen LogP contribution in [0, 0.1) is 12.7 Å². The molecule has 6 heteroatoms. The van der Waals surface area contributed by atoms with Crippen LogP contribution in [0.25, 0.3) is 0 Å². The third-order valence-corrected chi connectivity index (χ3v) is 4.11.